The summed E-state index contributed by atoms with van der Waals surface area (Å²) in [5.41, 5.74) is 2.54. The van der Waals surface area contributed by atoms with Crippen LogP contribution in [0.25, 0.3) is 10.9 Å². The molecule has 5 rings (SSSR count). The zero-order chi connectivity index (χ0) is 23.5. The van der Waals surface area contributed by atoms with Gasteiger partial charge in [0.25, 0.3) is 5.91 Å². The predicted octanol–water partition coefficient (Wildman–Crippen LogP) is 4.71. The molecule has 3 heterocycles. The summed E-state index contributed by atoms with van der Waals surface area (Å²) in [5.74, 6) is -0.0280. The third-order valence-corrected chi connectivity index (χ3v) is 7.37. The smallest absolute Gasteiger partial charge is 0.268 e. The third-order valence-electron chi connectivity index (χ3n) is 7.13. The quantitative estimate of drug-likeness (QED) is 0.458. The van der Waals surface area contributed by atoms with Crippen molar-refractivity contribution in [3.8, 4) is 0 Å². The second-order valence-electron chi connectivity index (χ2n) is 9.36. The Kier molecular flexibility index (Phi) is 8.19. The van der Waals surface area contributed by atoms with Crippen LogP contribution in [0.1, 0.15) is 49.0 Å². The number of anilines is 1. The van der Waals surface area contributed by atoms with Crippen molar-refractivity contribution < 1.29 is 9.59 Å². The van der Waals surface area contributed by atoms with Crippen LogP contribution in [0.3, 0.4) is 0 Å². The van der Waals surface area contributed by atoms with Crippen molar-refractivity contribution in [3.63, 3.8) is 0 Å². The van der Waals surface area contributed by atoms with Gasteiger partial charge in [-0.3, -0.25) is 14.6 Å². The lowest BCUT2D eigenvalue weighted by Gasteiger charge is -2.36. The van der Waals surface area contributed by atoms with Gasteiger partial charge in [0.05, 0.1) is 0 Å². The van der Waals surface area contributed by atoms with Gasteiger partial charge in [0.1, 0.15) is 5.69 Å². The largest absolute Gasteiger partial charge is 0.371 e. The molecule has 0 radical (unpaired) electrons. The number of hydrogen-bond donors (Lipinski definition) is 3. The van der Waals surface area contributed by atoms with Crippen molar-refractivity contribution in [1.82, 2.24) is 20.6 Å². The average Bonchev–Trinajstić information content (AvgIpc) is 3.29. The highest BCUT2D eigenvalue weighted by Gasteiger charge is 2.32. The minimum absolute atomic E-state index is 0. The first kappa shape index (κ1) is 25.3. The molecule has 1 aromatic carbocycles. The fourth-order valence-electron chi connectivity index (χ4n) is 5.20. The Morgan fingerprint density at radius 2 is 1.63 bits per heavy atom. The third kappa shape index (κ3) is 5.90. The van der Waals surface area contributed by atoms with Crippen LogP contribution in [0.5, 0.6) is 0 Å². The molecule has 35 heavy (non-hydrogen) atoms. The van der Waals surface area contributed by atoms with Crippen molar-refractivity contribution in [3.05, 3.63) is 59.5 Å². The molecule has 2 atom stereocenters. The molecule has 2 aliphatic rings. The summed E-state index contributed by atoms with van der Waals surface area (Å²) in [6.45, 7) is 1.72. The van der Waals surface area contributed by atoms with E-state index in [1.807, 2.05) is 30.3 Å². The second-order valence-corrected chi connectivity index (χ2v) is 9.80. The zero-order valence-electron chi connectivity index (χ0n) is 19.5. The van der Waals surface area contributed by atoms with Crippen LogP contribution in [-0.2, 0) is 4.79 Å². The van der Waals surface area contributed by atoms with Crippen LogP contribution < -0.4 is 15.5 Å². The Bertz CT molecular complexity index is 1160. The van der Waals surface area contributed by atoms with Crippen molar-refractivity contribution in [2.24, 2.45) is 5.92 Å². The number of pyridine rings is 1. The number of halogens is 2. The van der Waals surface area contributed by atoms with Gasteiger partial charge in [-0.1, -0.05) is 24.4 Å². The highest BCUT2D eigenvalue weighted by Crippen LogP contribution is 2.25. The average molecular weight is 516 g/mol. The Balaban J connectivity index is 0.00000289. The van der Waals surface area contributed by atoms with Gasteiger partial charge in [-0.2, -0.15) is 0 Å². The molecule has 1 saturated carbocycles. The Hall–Kier alpha value is -2.77. The van der Waals surface area contributed by atoms with Crippen LogP contribution in [0, 0.1) is 5.92 Å². The fourth-order valence-corrected chi connectivity index (χ4v) is 5.38. The summed E-state index contributed by atoms with van der Waals surface area (Å²) < 4.78 is 0. The minimum Gasteiger partial charge on any atom is -0.371 e. The van der Waals surface area contributed by atoms with E-state index in [2.05, 4.69) is 25.5 Å². The lowest BCUT2D eigenvalue weighted by atomic mass is 9.88. The number of benzene rings is 1. The number of hydrogen-bond acceptors (Lipinski definition) is 4. The molecular formula is C26H31Cl2N5O2. The van der Waals surface area contributed by atoms with Gasteiger partial charge in [0, 0.05) is 65.1 Å². The first-order valence-corrected chi connectivity index (χ1v) is 12.5. The second kappa shape index (κ2) is 11.3. The maximum absolute atomic E-state index is 13.1. The number of carbonyl (C=O) groups excluding carboxylic acids is 2. The van der Waals surface area contributed by atoms with E-state index in [-0.39, 0.29) is 42.2 Å². The SMILES string of the molecule is Cl.O=C(N[C@@H]1CCCC[C@@H]1NC(=O)C1CCN(c2ccncc2)CC1)c1cc2cc(Cl)ccc2[nH]1. The van der Waals surface area contributed by atoms with Gasteiger partial charge >= 0.3 is 0 Å². The van der Waals surface area contributed by atoms with Crippen LogP contribution in [0.4, 0.5) is 5.69 Å². The number of nitrogens with zero attached hydrogens (tertiary/aromatic N) is 2. The number of aromatic nitrogens is 2. The molecule has 1 aliphatic heterocycles. The molecule has 7 nitrogen and oxygen atoms in total. The van der Waals surface area contributed by atoms with E-state index in [4.69, 9.17) is 11.6 Å². The summed E-state index contributed by atoms with van der Waals surface area (Å²) >= 11 is 6.07. The standard InChI is InChI=1S/C26H30ClN5O2.ClH/c27-19-5-6-21-18(15-19)16-24(29-21)26(34)31-23-4-2-1-3-22(23)30-25(33)17-9-13-32(14-10-17)20-7-11-28-12-8-20;/h5-8,11-12,15-17,22-23,29H,1-4,9-10,13-14H2,(H,30,33)(H,31,34);1H/t22-,23+;/m0./s1. The molecule has 186 valence electrons. The maximum atomic E-state index is 13.1. The molecular weight excluding hydrogens is 485 g/mol. The summed E-state index contributed by atoms with van der Waals surface area (Å²) in [6, 6.07) is 11.3. The van der Waals surface area contributed by atoms with E-state index in [0.29, 0.717) is 10.7 Å². The van der Waals surface area contributed by atoms with Crippen molar-refractivity contribution in [2.75, 3.05) is 18.0 Å². The summed E-state index contributed by atoms with van der Waals surface area (Å²) in [6.07, 6.45) is 9.11. The van der Waals surface area contributed by atoms with Crippen LogP contribution in [0.15, 0.2) is 48.8 Å². The van der Waals surface area contributed by atoms with Gasteiger partial charge in [-0.25, -0.2) is 0 Å². The topological polar surface area (TPSA) is 90.1 Å². The van der Waals surface area contributed by atoms with Crippen molar-refractivity contribution in [1.29, 1.82) is 0 Å². The molecule has 3 N–H and O–H groups in total. The number of H-pyrrole nitrogens is 1. The van der Waals surface area contributed by atoms with Gasteiger partial charge in [0.2, 0.25) is 5.91 Å². The van der Waals surface area contributed by atoms with E-state index in [9.17, 15) is 9.59 Å². The fraction of sp³-hybridized carbons (Fsp3) is 0.423. The van der Waals surface area contributed by atoms with Crippen LogP contribution in [-0.4, -0.2) is 47.0 Å². The minimum atomic E-state index is -0.149. The number of rotatable bonds is 5. The maximum Gasteiger partial charge on any atom is 0.268 e. The number of fused-ring (bicyclic) bond motifs is 1. The number of amides is 2. The molecule has 1 aliphatic carbocycles. The first-order valence-electron chi connectivity index (χ1n) is 12.1. The molecule has 0 unspecified atom stereocenters. The first-order chi connectivity index (χ1) is 16.6. The summed E-state index contributed by atoms with van der Waals surface area (Å²) in [5, 5.41) is 7.99. The van der Waals surface area contributed by atoms with Crippen molar-refractivity contribution >= 4 is 52.4 Å². The molecule has 0 spiro atoms. The number of aromatic amines is 1. The monoisotopic (exact) mass is 515 g/mol. The molecule has 3 aromatic rings. The highest BCUT2D eigenvalue weighted by atomic mass is 35.5. The van der Waals surface area contributed by atoms with E-state index in [1.165, 1.54) is 0 Å². The molecule has 2 fully saturated rings. The van der Waals surface area contributed by atoms with Crippen molar-refractivity contribution in [2.45, 2.75) is 50.6 Å². The normalized spacial score (nSPS) is 20.8. The lowest BCUT2D eigenvalue weighted by molar-refractivity contribution is -0.126. The van der Waals surface area contributed by atoms with Crippen LogP contribution >= 0.6 is 24.0 Å². The number of carbonyl (C=O) groups is 2. The number of nitrogens with one attached hydrogen (secondary N) is 3. The molecule has 0 bridgehead atoms. The predicted molar refractivity (Wildman–Crippen MR) is 141 cm³/mol. The summed E-state index contributed by atoms with van der Waals surface area (Å²) in [7, 11) is 0. The van der Waals surface area contributed by atoms with Gasteiger partial charge in [-0.05, 0) is 62.1 Å². The summed E-state index contributed by atoms with van der Waals surface area (Å²) in [4.78, 5) is 35.6. The van der Waals surface area contributed by atoms with Gasteiger partial charge in [-0.15, -0.1) is 12.4 Å². The highest BCUT2D eigenvalue weighted by molar-refractivity contribution is 6.31. The lowest BCUT2D eigenvalue weighted by Crippen LogP contribution is -2.55. The molecule has 1 saturated heterocycles. The van der Waals surface area contributed by atoms with E-state index >= 15 is 0 Å². The van der Waals surface area contributed by atoms with E-state index in [0.717, 1.165) is 68.2 Å². The molecule has 2 aromatic heterocycles. The number of piperidine rings is 1. The Morgan fingerprint density at radius 3 is 2.34 bits per heavy atom. The molecule has 9 heteroatoms. The van der Waals surface area contributed by atoms with E-state index < -0.39 is 0 Å². The Labute approximate surface area is 216 Å². The Morgan fingerprint density at radius 1 is 0.943 bits per heavy atom. The zero-order valence-corrected chi connectivity index (χ0v) is 21.1. The van der Waals surface area contributed by atoms with E-state index in [1.54, 1.807) is 18.5 Å². The van der Waals surface area contributed by atoms with Gasteiger partial charge in [0.15, 0.2) is 0 Å². The van der Waals surface area contributed by atoms with Crippen LogP contribution in [0.2, 0.25) is 5.02 Å². The molecule has 2 amide bonds. The van der Waals surface area contributed by atoms with Gasteiger partial charge < -0.3 is 20.5 Å².